The molecule has 0 radical (unpaired) electrons. The van der Waals surface area contributed by atoms with Gasteiger partial charge < -0.3 is 20.1 Å². The van der Waals surface area contributed by atoms with E-state index in [4.69, 9.17) is 9.84 Å². The number of hydrogen-bond donors (Lipinski definition) is 2. The number of hydrogen-bond acceptors (Lipinski definition) is 3. The number of nitrogens with zero attached hydrogens (tertiary/aromatic N) is 1. The van der Waals surface area contributed by atoms with Crippen LogP contribution in [0.2, 0.25) is 0 Å². The third-order valence-electron chi connectivity index (χ3n) is 3.05. The number of carbonyl (C=O) groups is 1. The molecular weight excluding hydrogens is 232 g/mol. The lowest BCUT2D eigenvalue weighted by Gasteiger charge is -2.32. The van der Waals surface area contributed by atoms with Crippen LogP contribution in [-0.2, 0) is 4.74 Å². The van der Waals surface area contributed by atoms with E-state index in [1.165, 1.54) is 0 Å². The smallest absolute Gasteiger partial charge is 0.317 e. The zero-order valence-corrected chi connectivity index (χ0v) is 11.5. The minimum absolute atomic E-state index is 0.0394. The van der Waals surface area contributed by atoms with E-state index in [2.05, 4.69) is 19.2 Å². The third kappa shape index (κ3) is 5.69. The fraction of sp³-hybridized carbons (Fsp3) is 0.923. The predicted molar refractivity (Wildman–Crippen MR) is 70.5 cm³/mol. The van der Waals surface area contributed by atoms with E-state index in [0.717, 1.165) is 32.5 Å². The molecule has 0 spiro atoms. The average Bonchev–Trinajstić information content (AvgIpc) is 2.37. The first-order valence-electron chi connectivity index (χ1n) is 6.88. The van der Waals surface area contributed by atoms with E-state index < -0.39 is 0 Å². The SMILES string of the molecule is CC(C)CNC(=O)N1CCC(OCCCO)CC1. The summed E-state index contributed by atoms with van der Waals surface area (Å²) in [5.74, 6) is 0.480. The Labute approximate surface area is 109 Å². The minimum Gasteiger partial charge on any atom is -0.396 e. The summed E-state index contributed by atoms with van der Waals surface area (Å²) >= 11 is 0. The summed E-state index contributed by atoms with van der Waals surface area (Å²) in [6.07, 6.45) is 2.71. The molecule has 5 heteroatoms. The Morgan fingerprint density at radius 3 is 2.67 bits per heavy atom. The molecule has 1 saturated heterocycles. The number of carbonyl (C=O) groups excluding carboxylic acids is 1. The number of amides is 2. The van der Waals surface area contributed by atoms with Crippen molar-refractivity contribution in [2.75, 3.05) is 32.8 Å². The van der Waals surface area contributed by atoms with Gasteiger partial charge in [-0.25, -0.2) is 4.79 Å². The molecule has 1 aliphatic heterocycles. The molecule has 1 aliphatic rings. The van der Waals surface area contributed by atoms with Crippen LogP contribution in [0.4, 0.5) is 4.79 Å². The van der Waals surface area contributed by atoms with Crippen molar-refractivity contribution in [1.82, 2.24) is 10.2 Å². The monoisotopic (exact) mass is 258 g/mol. The van der Waals surface area contributed by atoms with Gasteiger partial charge in [-0.15, -0.1) is 0 Å². The summed E-state index contributed by atoms with van der Waals surface area (Å²) in [7, 11) is 0. The standard InChI is InChI=1S/C13H26N2O3/c1-11(2)10-14-13(17)15-6-4-12(5-7-15)18-9-3-8-16/h11-12,16H,3-10H2,1-2H3,(H,14,17). The summed E-state index contributed by atoms with van der Waals surface area (Å²) < 4.78 is 5.63. The van der Waals surface area contributed by atoms with E-state index in [9.17, 15) is 4.79 Å². The highest BCUT2D eigenvalue weighted by Gasteiger charge is 2.22. The minimum atomic E-state index is 0.0394. The van der Waals surface area contributed by atoms with Crippen LogP contribution in [-0.4, -0.2) is 55.0 Å². The summed E-state index contributed by atoms with van der Waals surface area (Å²) in [6, 6.07) is 0.0394. The van der Waals surface area contributed by atoms with Crippen LogP contribution in [0.25, 0.3) is 0 Å². The Hall–Kier alpha value is -0.810. The Bertz CT molecular complexity index is 238. The number of nitrogens with one attached hydrogen (secondary N) is 1. The van der Waals surface area contributed by atoms with Crippen LogP contribution in [0.15, 0.2) is 0 Å². The van der Waals surface area contributed by atoms with Crippen molar-refractivity contribution in [2.45, 2.75) is 39.2 Å². The number of aliphatic hydroxyl groups is 1. The number of ether oxygens (including phenoxy) is 1. The Morgan fingerprint density at radius 2 is 2.11 bits per heavy atom. The van der Waals surface area contributed by atoms with E-state index in [1.807, 2.05) is 4.90 Å². The van der Waals surface area contributed by atoms with Crippen molar-refractivity contribution in [2.24, 2.45) is 5.92 Å². The number of piperidine rings is 1. The van der Waals surface area contributed by atoms with Gasteiger partial charge >= 0.3 is 6.03 Å². The number of likely N-dealkylation sites (tertiary alicyclic amines) is 1. The highest BCUT2D eigenvalue weighted by Crippen LogP contribution is 2.14. The quantitative estimate of drug-likeness (QED) is 0.704. The lowest BCUT2D eigenvalue weighted by atomic mass is 10.1. The lowest BCUT2D eigenvalue weighted by molar-refractivity contribution is 0.00912. The van der Waals surface area contributed by atoms with Crippen molar-refractivity contribution in [3.05, 3.63) is 0 Å². The van der Waals surface area contributed by atoms with E-state index in [1.54, 1.807) is 0 Å². The Kier molecular flexibility index (Phi) is 7.05. The van der Waals surface area contributed by atoms with Crippen molar-refractivity contribution in [1.29, 1.82) is 0 Å². The largest absolute Gasteiger partial charge is 0.396 e. The summed E-state index contributed by atoms with van der Waals surface area (Å²) in [6.45, 7) is 7.20. The molecule has 18 heavy (non-hydrogen) atoms. The second kappa shape index (κ2) is 8.32. The zero-order valence-electron chi connectivity index (χ0n) is 11.5. The van der Waals surface area contributed by atoms with Gasteiger partial charge in [0.25, 0.3) is 0 Å². The van der Waals surface area contributed by atoms with Crippen LogP contribution in [0.3, 0.4) is 0 Å². The van der Waals surface area contributed by atoms with E-state index >= 15 is 0 Å². The van der Waals surface area contributed by atoms with Gasteiger partial charge in [0.15, 0.2) is 0 Å². The van der Waals surface area contributed by atoms with Crippen molar-refractivity contribution < 1.29 is 14.6 Å². The second-order valence-electron chi connectivity index (χ2n) is 5.21. The molecule has 0 saturated carbocycles. The van der Waals surface area contributed by atoms with Gasteiger partial charge in [-0.1, -0.05) is 13.8 Å². The molecule has 106 valence electrons. The molecule has 2 amide bonds. The van der Waals surface area contributed by atoms with Crippen LogP contribution in [0, 0.1) is 5.92 Å². The predicted octanol–water partition coefficient (Wildman–Crippen LogP) is 1.22. The van der Waals surface area contributed by atoms with Gasteiger partial charge in [0, 0.05) is 32.8 Å². The van der Waals surface area contributed by atoms with Gasteiger partial charge in [0.05, 0.1) is 6.10 Å². The maximum Gasteiger partial charge on any atom is 0.317 e. The summed E-state index contributed by atoms with van der Waals surface area (Å²) in [5.41, 5.74) is 0. The van der Waals surface area contributed by atoms with Crippen LogP contribution >= 0.6 is 0 Å². The first-order chi connectivity index (χ1) is 8.63. The van der Waals surface area contributed by atoms with Gasteiger partial charge in [0.1, 0.15) is 0 Å². The third-order valence-corrected chi connectivity index (χ3v) is 3.05. The molecule has 0 bridgehead atoms. The molecular formula is C13H26N2O3. The zero-order chi connectivity index (χ0) is 13.4. The molecule has 0 atom stereocenters. The Morgan fingerprint density at radius 1 is 1.44 bits per heavy atom. The topological polar surface area (TPSA) is 61.8 Å². The first-order valence-corrected chi connectivity index (χ1v) is 6.88. The van der Waals surface area contributed by atoms with Crippen LogP contribution in [0.5, 0.6) is 0 Å². The highest BCUT2D eigenvalue weighted by molar-refractivity contribution is 5.74. The molecule has 1 fully saturated rings. The van der Waals surface area contributed by atoms with Crippen molar-refractivity contribution in [3.63, 3.8) is 0 Å². The normalized spacial score (nSPS) is 17.2. The number of aliphatic hydroxyl groups excluding tert-OH is 1. The van der Waals surface area contributed by atoms with Crippen molar-refractivity contribution >= 4 is 6.03 Å². The molecule has 1 rings (SSSR count). The summed E-state index contributed by atoms with van der Waals surface area (Å²) in [4.78, 5) is 13.7. The highest BCUT2D eigenvalue weighted by atomic mass is 16.5. The number of rotatable bonds is 6. The summed E-state index contributed by atoms with van der Waals surface area (Å²) in [5, 5.41) is 11.6. The van der Waals surface area contributed by atoms with Gasteiger partial charge in [-0.05, 0) is 25.2 Å². The molecule has 0 unspecified atom stereocenters. The molecule has 0 aromatic rings. The van der Waals surface area contributed by atoms with Gasteiger partial charge in [0.2, 0.25) is 0 Å². The Balaban J connectivity index is 2.16. The molecule has 0 aromatic carbocycles. The molecule has 1 heterocycles. The maximum atomic E-state index is 11.8. The fourth-order valence-electron chi connectivity index (χ4n) is 1.94. The fourth-order valence-corrected chi connectivity index (χ4v) is 1.94. The van der Waals surface area contributed by atoms with Gasteiger partial charge in [-0.3, -0.25) is 0 Å². The second-order valence-corrected chi connectivity index (χ2v) is 5.21. The average molecular weight is 258 g/mol. The first kappa shape index (κ1) is 15.2. The molecule has 0 aromatic heterocycles. The maximum absolute atomic E-state index is 11.8. The molecule has 2 N–H and O–H groups in total. The lowest BCUT2D eigenvalue weighted by Crippen LogP contribution is -2.46. The van der Waals surface area contributed by atoms with Crippen LogP contribution < -0.4 is 5.32 Å². The van der Waals surface area contributed by atoms with Crippen molar-refractivity contribution in [3.8, 4) is 0 Å². The van der Waals surface area contributed by atoms with Gasteiger partial charge in [-0.2, -0.15) is 0 Å². The van der Waals surface area contributed by atoms with E-state index in [0.29, 0.717) is 18.9 Å². The number of urea groups is 1. The van der Waals surface area contributed by atoms with E-state index in [-0.39, 0.29) is 18.7 Å². The molecule has 0 aliphatic carbocycles. The van der Waals surface area contributed by atoms with Crippen LogP contribution in [0.1, 0.15) is 33.1 Å². The molecule has 5 nitrogen and oxygen atoms in total.